The van der Waals surface area contributed by atoms with E-state index in [2.05, 4.69) is 12.1 Å². The molecule has 2 N–H and O–H groups in total. The van der Waals surface area contributed by atoms with Crippen LogP contribution in [-0.2, 0) is 6.42 Å². The minimum atomic E-state index is -0.275. The van der Waals surface area contributed by atoms with Crippen LogP contribution in [0.1, 0.15) is 43.7 Å². The molecule has 0 bridgehead atoms. The second kappa shape index (κ2) is 7.85. The fourth-order valence-electron chi connectivity index (χ4n) is 1.87. The van der Waals surface area contributed by atoms with Gasteiger partial charge in [-0.1, -0.05) is 49.5 Å². The van der Waals surface area contributed by atoms with Gasteiger partial charge in [-0.05, 0) is 30.0 Å². The van der Waals surface area contributed by atoms with Crippen molar-refractivity contribution in [1.82, 2.24) is 0 Å². The highest BCUT2D eigenvalue weighted by atomic mass is 16.4. The van der Waals surface area contributed by atoms with Gasteiger partial charge in [0.25, 0.3) is 0 Å². The molecule has 17 heavy (non-hydrogen) atoms. The molecule has 0 spiro atoms. The van der Waals surface area contributed by atoms with Crippen molar-refractivity contribution in [3.63, 3.8) is 0 Å². The second-order valence-electron chi connectivity index (χ2n) is 4.34. The van der Waals surface area contributed by atoms with E-state index in [1.807, 2.05) is 24.3 Å². The molecule has 0 aromatic heterocycles. The Balaban J connectivity index is 2.47. The van der Waals surface area contributed by atoms with Crippen LogP contribution in [0.2, 0.25) is 0 Å². The Morgan fingerprint density at radius 3 is 2.88 bits per heavy atom. The van der Waals surface area contributed by atoms with Gasteiger partial charge in [0, 0.05) is 0 Å². The molecule has 3 nitrogen and oxygen atoms in total. The first-order valence-electron chi connectivity index (χ1n) is 6.20. The van der Waals surface area contributed by atoms with Gasteiger partial charge in [-0.25, -0.2) is 0 Å². The third-order valence-corrected chi connectivity index (χ3v) is 2.77. The van der Waals surface area contributed by atoms with Crippen LogP contribution >= 0.6 is 0 Å². The average molecular weight is 235 g/mol. The van der Waals surface area contributed by atoms with Crippen LogP contribution in [0.25, 0.3) is 0 Å². The SMILES string of the molecule is CCCCCC(O)Cc1cccc(C=NO)c1. The van der Waals surface area contributed by atoms with E-state index in [1.165, 1.54) is 19.1 Å². The summed E-state index contributed by atoms with van der Waals surface area (Å²) in [5.41, 5.74) is 1.93. The van der Waals surface area contributed by atoms with Crippen LogP contribution in [0.15, 0.2) is 29.4 Å². The number of aliphatic hydroxyl groups is 1. The molecule has 3 heteroatoms. The minimum Gasteiger partial charge on any atom is -0.411 e. The topological polar surface area (TPSA) is 52.8 Å². The van der Waals surface area contributed by atoms with Crippen molar-refractivity contribution < 1.29 is 10.3 Å². The zero-order valence-electron chi connectivity index (χ0n) is 10.3. The summed E-state index contributed by atoms with van der Waals surface area (Å²) in [7, 11) is 0. The predicted molar refractivity (Wildman–Crippen MR) is 69.7 cm³/mol. The highest BCUT2D eigenvalue weighted by molar-refractivity contribution is 5.79. The highest BCUT2D eigenvalue weighted by Crippen LogP contribution is 2.11. The summed E-state index contributed by atoms with van der Waals surface area (Å²) >= 11 is 0. The van der Waals surface area contributed by atoms with Gasteiger partial charge in [-0.2, -0.15) is 0 Å². The number of oxime groups is 1. The fourth-order valence-corrected chi connectivity index (χ4v) is 1.87. The van der Waals surface area contributed by atoms with Gasteiger partial charge in [0.05, 0.1) is 12.3 Å². The van der Waals surface area contributed by atoms with Crippen LogP contribution in [0.4, 0.5) is 0 Å². The Kier molecular flexibility index (Phi) is 6.33. The lowest BCUT2D eigenvalue weighted by Gasteiger charge is -2.10. The van der Waals surface area contributed by atoms with Crippen molar-refractivity contribution in [2.24, 2.45) is 5.16 Å². The number of hydrogen-bond acceptors (Lipinski definition) is 3. The summed E-state index contributed by atoms with van der Waals surface area (Å²) in [5, 5.41) is 21.3. The molecular formula is C14H21NO2. The Labute approximate surface area is 103 Å². The number of benzene rings is 1. The van der Waals surface area contributed by atoms with Crippen LogP contribution in [0.5, 0.6) is 0 Å². The first-order valence-corrected chi connectivity index (χ1v) is 6.20. The van der Waals surface area contributed by atoms with E-state index in [4.69, 9.17) is 5.21 Å². The van der Waals surface area contributed by atoms with Gasteiger partial charge in [0.1, 0.15) is 0 Å². The lowest BCUT2D eigenvalue weighted by Crippen LogP contribution is -2.10. The molecule has 1 unspecified atom stereocenters. The minimum absolute atomic E-state index is 0.275. The Morgan fingerprint density at radius 1 is 1.35 bits per heavy atom. The maximum absolute atomic E-state index is 9.87. The normalized spacial score (nSPS) is 13.1. The smallest absolute Gasteiger partial charge is 0.0733 e. The van der Waals surface area contributed by atoms with Crippen molar-refractivity contribution in [3.8, 4) is 0 Å². The van der Waals surface area contributed by atoms with E-state index in [-0.39, 0.29) is 6.10 Å². The van der Waals surface area contributed by atoms with Gasteiger partial charge in [0.2, 0.25) is 0 Å². The zero-order chi connectivity index (χ0) is 12.5. The summed E-state index contributed by atoms with van der Waals surface area (Å²) in [5.74, 6) is 0. The van der Waals surface area contributed by atoms with E-state index in [9.17, 15) is 5.11 Å². The van der Waals surface area contributed by atoms with E-state index in [1.54, 1.807) is 0 Å². The van der Waals surface area contributed by atoms with Crippen LogP contribution in [0, 0.1) is 0 Å². The van der Waals surface area contributed by atoms with Gasteiger partial charge in [-0.15, -0.1) is 0 Å². The molecule has 0 saturated carbocycles. The van der Waals surface area contributed by atoms with E-state index < -0.39 is 0 Å². The largest absolute Gasteiger partial charge is 0.411 e. The lowest BCUT2D eigenvalue weighted by molar-refractivity contribution is 0.161. The van der Waals surface area contributed by atoms with E-state index >= 15 is 0 Å². The van der Waals surface area contributed by atoms with Crippen molar-refractivity contribution in [3.05, 3.63) is 35.4 Å². The van der Waals surface area contributed by atoms with Gasteiger partial charge in [-0.3, -0.25) is 0 Å². The maximum atomic E-state index is 9.87. The zero-order valence-corrected chi connectivity index (χ0v) is 10.3. The molecule has 1 rings (SSSR count). The Morgan fingerprint density at radius 2 is 2.18 bits per heavy atom. The molecule has 0 radical (unpaired) electrons. The number of rotatable bonds is 7. The summed E-state index contributed by atoms with van der Waals surface area (Å²) in [6.07, 6.45) is 6.07. The third-order valence-electron chi connectivity index (χ3n) is 2.77. The molecule has 0 aliphatic heterocycles. The first-order chi connectivity index (χ1) is 8.26. The molecule has 0 heterocycles. The first kappa shape index (κ1) is 13.7. The van der Waals surface area contributed by atoms with Crippen molar-refractivity contribution >= 4 is 6.21 Å². The third kappa shape index (κ3) is 5.50. The molecule has 0 fully saturated rings. The average Bonchev–Trinajstić information content (AvgIpc) is 2.30. The molecular weight excluding hydrogens is 214 g/mol. The van der Waals surface area contributed by atoms with Gasteiger partial charge in [0.15, 0.2) is 0 Å². The number of nitrogens with zero attached hydrogens (tertiary/aromatic N) is 1. The quantitative estimate of drug-likeness (QED) is 0.330. The molecule has 0 saturated heterocycles. The Bertz CT molecular complexity index is 350. The van der Waals surface area contributed by atoms with E-state index in [0.717, 1.165) is 24.0 Å². The summed E-state index contributed by atoms with van der Waals surface area (Å²) in [4.78, 5) is 0. The lowest BCUT2D eigenvalue weighted by atomic mass is 10.0. The molecule has 1 aromatic carbocycles. The molecule has 94 valence electrons. The molecule has 0 aliphatic carbocycles. The number of aliphatic hydroxyl groups excluding tert-OH is 1. The van der Waals surface area contributed by atoms with Gasteiger partial charge < -0.3 is 10.3 Å². The second-order valence-corrected chi connectivity index (χ2v) is 4.34. The van der Waals surface area contributed by atoms with Gasteiger partial charge >= 0.3 is 0 Å². The highest BCUT2D eigenvalue weighted by Gasteiger charge is 2.05. The molecule has 1 aromatic rings. The molecule has 0 aliphatic rings. The molecule has 1 atom stereocenters. The molecule has 0 amide bonds. The van der Waals surface area contributed by atoms with E-state index in [0.29, 0.717) is 6.42 Å². The Hall–Kier alpha value is -1.35. The number of unbranched alkanes of at least 4 members (excludes halogenated alkanes) is 2. The van der Waals surface area contributed by atoms with Crippen molar-refractivity contribution in [1.29, 1.82) is 0 Å². The summed E-state index contributed by atoms with van der Waals surface area (Å²) in [6, 6.07) is 7.69. The standard InChI is InChI=1S/C14H21NO2/c1-2-3-4-8-14(16)10-12-6-5-7-13(9-12)11-15-17/h5-7,9,11,14,16-17H,2-4,8,10H2,1H3. The van der Waals surface area contributed by atoms with Crippen molar-refractivity contribution in [2.75, 3.05) is 0 Å². The fraction of sp³-hybridized carbons (Fsp3) is 0.500. The van der Waals surface area contributed by atoms with Crippen LogP contribution in [-0.4, -0.2) is 22.6 Å². The predicted octanol–water partition coefficient (Wildman–Crippen LogP) is 2.98. The van der Waals surface area contributed by atoms with Crippen LogP contribution in [0.3, 0.4) is 0 Å². The monoisotopic (exact) mass is 235 g/mol. The summed E-state index contributed by atoms with van der Waals surface area (Å²) < 4.78 is 0. The summed E-state index contributed by atoms with van der Waals surface area (Å²) in [6.45, 7) is 2.16. The van der Waals surface area contributed by atoms with Crippen molar-refractivity contribution in [2.45, 2.75) is 45.1 Å². The van der Waals surface area contributed by atoms with Crippen LogP contribution < -0.4 is 0 Å². The number of hydrogen-bond donors (Lipinski definition) is 2. The maximum Gasteiger partial charge on any atom is 0.0733 e.